The molecule has 6 nitrogen and oxygen atoms in total. The fourth-order valence-corrected chi connectivity index (χ4v) is 4.46. The summed E-state index contributed by atoms with van der Waals surface area (Å²) in [5.74, 6) is 0.0583. The third-order valence-electron chi connectivity index (χ3n) is 6.28. The predicted molar refractivity (Wildman–Crippen MR) is 117 cm³/mol. The summed E-state index contributed by atoms with van der Waals surface area (Å²) in [5, 5.41) is 3.64. The van der Waals surface area contributed by atoms with E-state index < -0.39 is 0 Å². The van der Waals surface area contributed by atoms with E-state index in [9.17, 15) is 9.59 Å². The molecule has 30 heavy (non-hydrogen) atoms. The minimum absolute atomic E-state index is 0.0583. The van der Waals surface area contributed by atoms with Crippen LogP contribution in [0.25, 0.3) is 0 Å². The van der Waals surface area contributed by atoms with Gasteiger partial charge in [-0.15, -0.1) is 0 Å². The molecule has 2 aliphatic heterocycles. The minimum atomic E-state index is -0.267. The van der Waals surface area contributed by atoms with E-state index in [-0.39, 0.29) is 24.2 Å². The van der Waals surface area contributed by atoms with Crippen LogP contribution in [0.5, 0.6) is 0 Å². The number of likely N-dealkylation sites (tertiary alicyclic amines) is 1. The van der Waals surface area contributed by atoms with Crippen molar-refractivity contribution in [2.75, 3.05) is 25.0 Å². The lowest BCUT2D eigenvalue weighted by molar-refractivity contribution is 0.0496. The van der Waals surface area contributed by atoms with E-state index in [2.05, 4.69) is 31.3 Å². The molecule has 158 valence electrons. The number of anilines is 1. The van der Waals surface area contributed by atoms with Crippen LogP contribution in [-0.4, -0.2) is 47.5 Å². The minimum Gasteiger partial charge on any atom is -0.450 e. The summed E-state index contributed by atoms with van der Waals surface area (Å²) in [5.41, 5.74) is 5.21. The molecule has 0 radical (unpaired) electrons. The van der Waals surface area contributed by atoms with E-state index in [1.165, 1.54) is 11.1 Å². The number of hydrogen-bond acceptors (Lipinski definition) is 4. The molecule has 0 saturated carbocycles. The summed E-state index contributed by atoms with van der Waals surface area (Å²) in [4.78, 5) is 29.1. The molecule has 2 heterocycles. The summed E-state index contributed by atoms with van der Waals surface area (Å²) >= 11 is 0. The second kappa shape index (κ2) is 8.38. The Morgan fingerprint density at radius 3 is 2.57 bits per heavy atom. The molecule has 1 fully saturated rings. The molecule has 6 heteroatoms. The Morgan fingerprint density at radius 1 is 1.10 bits per heavy atom. The molecule has 2 aromatic carbocycles. The van der Waals surface area contributed by atoms with Crippen LogP contribution in [0.3, 0.4) is 0 Å². The van der Waals surface area contributed by atoms with Crippen molar-refractivity contribution in [1.82, 2.24) is 9.80 Å². The molecule has 1 N–H and O–H groups in total. The van der Waals surface area contributed by atoms with Crippen molar-refractivity contribution >= 4 is 17.7 Å². The molecule has 2 aliphatic rings. The summed E-state index contributed by atoms with van der Waals surface area (Å²) in [7, 11) is 0. The van der Waals surface area contributed by atoms with Gasteiger partial charge >= 0.3 is 6.09 Å². The highest BCUT2D eigenvalue weighted by atomic mass is 16.6. The van der Waals surface area contributed by atoms with E-state index in [1.807, 2.05) is 42.2 Å². The van der Waals surface area contributed by atoms with Gasteiger partial charge in [0.25, 0.3) is 5.91 Å². The van der Waals surface area contributed by atoms with Crippen molar-refractivity contribution in [2.45, 2.75) is 45.8 Å². The molecule has 0 aromatic heterocycles. The Bertz CT molecular complexity index is 950. The smallest absolute Gasteiger partial charge is 0.409 e. The van der Waals surface area contributed by atoms with Gasteiger partial charge in [-0.1, -0.05) is 30.3 Å². The number of aryl methyl sites for hydroxylation is 1. The number of carbonyl (C=O) groups is 2. The molecule has 2 aromatic rings. The maximum Gasteiger partial charge on any atom is 0.409 e. The van der Waals surface area contributed by atoms with E-state index >= 15 is 0 Å². The summed E-state index contributed by atoms with van der Waals surface area (Å²) in [6, 6.07) is 14.1. The van der Waals surface area contributed by atoms with Crippen LogP contribution < -0.4 is 5.32 Å². The highest BCUT2D eigenvalue weighted by Gasteiger charge is 2.42. The van der Waals surface area contributed by atoms with Crippen LogP contribution >= 0.6 is 0 Å². The second-order valence-corrected chi connectivity index (χ2v) is 8.01. The predicted octanol–water partition coefficient (Wildman–Crippen LogP) is 4.49. The van der Waals surface area contributed by atoms with Crippen molar-refractivity contribution in [3.63, 3.8) is 0 Å². The van der Waals surface area contributed by atoms with Gasteiger partial charge in [0.1, 0.15) is 6.17 Å². The standard InChI is InChI=1S/C24H29N3O3/c1-4-30-24(29)26-14-12-18(13-15-26)27-22(19-9-5-6-10-20(19)23(27)28)25-21-11-7-8-16(2)17(21)3/h5-11,18,22,25H,4,12-15H2,1-3H3/t22-/m0/s1. The lowest BCUT2D eigenvalue weighted by Gasteiger charge is -2.39. The number of fused-ring (bicyclic) bond motifs is 1. The zero-order chi connectivity index (χ0) is 21.3. The van der Waals surface area contributed by atoms with Crippen LogP contribution in [0.1, 0.15) is 53.0 Å². The van der Waals surface area contributed by atoms with Crippen molar-refractivity contribution < 1.29 is 14.3 Å². The topological polar surface area (TPSA) is 61.9 Å². The van der Waals surface area contributed by atoms with Gasteiger partial charge in [0.05, 0.1) is 6.61 Å². The second-order valence-electron chi connectivity index (χ2n) is 8.01. The van der Waals surface area contributed by atoms with Gasteiger partial charge in [0.15, 0.2) is 0 Å². The molecule has 1 saturated heterocycles. The molecule has 4 rings (SSSR count). The van der Waals surface area contributed by atoms with E-state index in [4.69, 9.17) is 4.74 Å². The van der Waals surface area contributed by atoms with Gasteiger partial charge in [-0.25, -0.2) is 4.79 Å². The molecule has 0 bridgehead atoms. The van der Waals surface area contributed by atoms with Crippen LogP contribution in [0.4, 0.5) is 10.5 Å². The van der Waals surface area contributed by atoms with E-state index in [0.29, 0.717) is 19.7 Å². The first kappa shape index (κ1) is 20.3. The first-order chi connectivity index (χ1) is 14.5. The van der Waals surface area contributed by atoms with Crippen LogP contribution in [-0.2, 0) is 4.74 Å². The van der Waals surface area contributed by atoms with Gasteiger partial charge in [0.2, 0.25) is 0 Å². The SMILES string of the molecule is CCOC(=O)N1CCC(N2C(=O)c3ccccc3[C@H]2Nc2cccc(C)c2C)CC1. The highest BCUT2D eigenvalue weighted by molar-refractivity contribution is 5.99. The van der Waals surface area contributed by atoms with Crippen LogP contribution in [0.15, 0.2) is 42.5 Å². The third-order valence-corrected chi connectivity index (χ3v) is 6.28. The lowest BCUT2D eigenvalue weighted by Crippen LogP contribution is -2.49. The van der Waals surface area contributed by atoms with Crippen LogP contribution in [0, 0.1) is 13.8 Å². The number of nitrogens with one attached hydrogen (secondary N) is 1. The Labute approximate surface area is 177 Å². The third kappa shape index (κ3) is 3.62. The first-order valence-corrected chi connectivity index (χ1v) is 10.7. The molecule has 2 amide bonds. The van der Waals surface area contributed by atoms with Crippen molar-refractivity contribution in [3.8, 4) is 0 Å². The lowest BCUT2D eigenvalue weighted by atomic mass is 10.0. The molecule has 0 aliphatic carbocycles. The maximum atomic E-state index is 13.3. The largest absolute Gasteiger partial charge is 0.450 e. The number of ether oxygens (including phenoxy) is 1. The zero-order valence-electron chi connectivity index (χ0n) is 17.9. The Morgan fingerprint density at radius 2 is 1.83 bits per heavy atom. The maximum absolute atomic E-state index is 13.3. The molecular weight excluding hydrogens is 378 g/mol. The highest BCUT2D eigenvalue weighted by Crippen LogP contribution is 2.38. The van der Waals surface area contributed by atoms with Gasteiger partial charge in [-0.2, -0.15) is 0 Å². The zero-order valence-corrected chi connectivity index (χ0v) is 17.9. The average Bonchev–Trinajstić information content (AvgIpc) is 3.03. The quantitative estimate of drug-likeness (QED) is 0.811. The van der Waals surface area contributed by atoms with Crippen molar-refractivity contribution in [3.05, 3.63) is 64.7 Å². The first-order valence-electron chi connectivity index (χ1n) is 10.7. The normalized spacial score (nSPS) is 19.0. The number of nitrogens with zero attached hydrogens (tertiary/aromatic N) is 2. The van der Waals surface area contributed by atoms with Gasteiger partial charge in [-0.05, 0) is 56.9 Å². The summed E-state index contributed by atoms with van der Waals surface area (Å²) in [6.45, 7) is 7.58. The van der Waals surface area contributed by atoms with Crippen molar-refractivity contribution in [1.29, 1.82) is 0 Å². The Kier molecular flexibility index (Phi) is 5.66. The fraction of sp³-hybridized carbons (Fsp3) is 0.417. The van der Waals surface area contributed by atoms with E-state index in [1.54, 1.807) is 4.90 Å². The summed E-state index contributed by atoms with van der Waals surface area (Å²) < 4.78 is 5.13. The number of carbonyl (C=O) groups excluding carboxylic acids is 2. The number of amides is 2. The van der Waals surface area contributed by atoms with Gasteiger partial charge < -0.3 is 19.9 Å². The van der Waals surface area contributed by atoms with Gasteiger partial charge in [0, 0.05) is 35.9 Å². The average molecular weight is 408 g/mol. The molecule has 1 atom stereocenters. The molecular formula is C24H29N3O3. The van der Waals surface area contributed by atoms with Crippen molar-refractivity contribution in [2.24, 2.45) is 0 Å². The Balaban J connectivity index is 1.59. The number of hydrogen-bond donors (Lipinski definition) is 1. The van der Waals surface area contributed by atoms with Gasteiger partial charge in [-0.3, -0.25) is 4.79 Å². The monoisotopic (exact) mass is 407 g/mol. The Hall–Kier alpha value is -3.02. The number of benzene rings is 2. The van der Waals surface area contributed by atoms with E-state index in [0.717, 1.165) is 29.7 Å². The number of rotatable bonds is 4. The molecule has 0 spiro atoms. The molecule has 0 unspecified atom stereocenters. The fourth-order valence-electron chi connectivity index (χ4n) is 4.46. The summed E-state index contributed by atoms with van der Waals surface area (Å²) in [6.07, 6.45) is 0.998. The van der Waals surface area contributed by atoms with Crippen LogP contribution in [0.2, 0.25) is 0 Å². The number of piperidine rings is 1.